The van der Waals surface area contributed by atoms with Crippen molar-refractivity contribution in [1.29, 1.82) is 0 Å². The lowest BCUT2D eigenvalue weighted by Crippen LogP contribution is -2.44. The van der Waals surface area contributed by atoms with Crippen molar-refractivity contribution in [3.63, 3.8) is 0 Å². The Balaban J connectivity index is 1.96. The smallest absolute Gasteiger partial charge is 0.237 e. The second-order valence-electron chi connectivity index (χ2n) is 5.58. The van der Waals surface area contributed by atoms with Gasteiger partial charge in [0.25, 0.3) is 0 Å². The van der Waals surface area contributed by atoms with Crippen LogP contribution in [-0.2, 0) is 4.79 Å². The van der Waals surface area contributed by atoms with Gasteiger partial charge in [0.05, 0.1) is 11.4 Å². The van der Waals surface area contributed by atoms with E-state index in [9.17, 15) is 9.59 Å². The molecule has 106 valence electrons. The Morgan fingerprint density at radius 1 is 1.25 bits per heavy atom. The van der Waals surface area contributed by atoms with Gasteiger partial charge in [0.1, 0.15) is 0 Å². The highest BCUT2D eigenvalue weighted by Crippen LogP contribution is 2.39. The molecule has 0 radical (unpaired) electrons. The summed E-state index contributed by atoms with van der Waals surface area (Å²) in [6.07, 6.45) is 5.91. The van der Waals surface area contributed by atoms with Crippen LogP contribution in [0.4, 0.5) is 5.69 Å². The Kier molecular flexibility index (Phi) is 3.83. The molecule has 1 aliphatic heterocycles. The van der Waals surface area contributed by atoms with E-state index in [0.717, 1.165) is 29.0 Å². The summed E-state index contributed by atoms with van der Waals surface area (Å²) in [4.78, 5) is 26.9. The van der Waals surface area contributed by atoms with Crippen molar-refractivity contribution in [2.24, 2.45) is 0 Å². The molecule has 0 atom stereocenters. The second kappa shape index (κ2) is 5.60. The Morgan fingerprint density at radius 3 is 2.70 bits per heavy atom. The van der Waals surface area contributed by atoms with Gasteiger partial charge in [-0.15, -0.1) is 11.8 Å². The van der Waals surface area contributed by atoms with Crippen molar-refractivity contribution in [1.82, 2.24) is 0 Å². The van der Waals surface area contributed by atoms with Gasteiger partial charge < -0.3 is 4.90 Å². The molecule has 0 unspecified atom stereocenters. The van der Waals surface area contributed by atoms with E-state index in [4.69, 9.17) is 0 Å². The van der Waals surface area contributed by atoms with Gasteiger partial charge in [0, 0.05) is 16.5 Å². The van der Waals surface area contributed by atoms with Gasteiger partial charge in [-0.3, -0.25) is 9.59 Å². The zero-order valence-corrected chi connectivity index (χ0v) is 12.5. The molecule has 20 heavy (non-hydrogen) atoms. The van der Waals surface area contributed by atoms with E-state index in [0.29, 0.717) is 11.8 Å². The number of nitrogens with zero attached hydrogens (tertiary/aromatic N) is 1. The number of thioether (sulfide) groups is 1. The number of benzene rings is 1. The summed E-state index contributed by atoms with van der Waals surface area (Å²) in [6.45, 7) is 1.58. The molecule has 1 saturated carbocycles. The van der Waals surface area contributed by atoms with Crippen molar-refractivity contribution in [3.8, 4) is 0 Å². The highest BCUT2D eigenvalue weighted by Gasteiger charge is 2.31. The number of fused-ring (bicyclic) bond motifs is 1. The molecule has 0 aromatic heterocycles. The minimum absolute atomic E-state index is 0.0783. The van der Waals surface area contributed by atoms with Crippen LogP contribution in [0.15, 0.2) is 23.1 Å². The van der Waals surface area contributed by atoms with E-state index in [-0.39, 0.29) is 11.7 Å². The van der Waals surface area contributed by atoms with Crippen molar-refractivity contribution < 1.29 is 9.59 Å². The highest BCUT2D eigenvalue weighted by molar-refractivity contribution is 8.00. The minimum Gasteiger partial charge on any atom is -0.308 e. The Labute approximate surface area is 123 Å². The lowest BCUT2D eigenvalue weighted by molar-refractivity contribution is -0.116. The maximum Gasteiger partial charge on any atom is 0.237 e. The van der Waals surface area contributed by atoms with Crippen LogP contribution in [0.1, 0.15) is 49.4 Å². The first-order chi connectivity index (χ1) is 9.66. The van der Waals surface area contributed by atoms with E-state index in [1.807, 2.05) is 23.1 Å². The molecule has 3 nitrogen and oxygen atoms in total. The van der Waals surface area contributed by atoms with Crippen LogP contribution in [-0.4, -0.2) is 23.5 Å². The monoisotopic (exact) mass is 289 g/mol. The minimum atomic E-state index is 0.0783. The van der Waals surface area contributed by atoms with Gasteiger partial charge in [0.15, 0.2) is 5.78 Å². The van der Waals surface area contributed by atoms with E-state index in [1.165, 1.54) is 19.3 Å². The van der Waals surface area contributed by atoms with Crippen molar-refractivity contribution in [3.05, 3.63) is 23.8 Å². The highest BCUT2D eigenvalue weighted by atomic mass is 32.2. The predicted octanol–water partition coefficient (Wildman–Crippen LogP) is 3.66. The van der Waals surface area contributed by atoms with Crippen LogP contribution < -0.4 is 4.90 Å². The number of hydrogen-bond acceptors (Lipinski definition) is 3. The third-order valence-corrected chi connectivity index (χ3v) is 5.21. The van der Waals surface area contributed by atoms with Crippen LogP contribution in [0.2, 0.25) is 0 Å². The summed E-state index contributed by atoms with van der Waals surface area (Å²) in [7, 11) is 0. The van der Waals surface area contributed by atoms with Gasteiger partial charge in [-0.25, -0.2) is 0 Å². The van der Waals surface area contributed by atoms with Crippen molar-refractivity contribution in [2.75, 3.05) is 10.7 Å². The summed E-state index contributed by atoms with van der Waals surface area (Å²) >= 11 is 1.55. The molecule has 0 N–H and O–H groups in total. The molecule has 1 amide bonds. The van der Waals surface area contributed by atoms with Crippen LogP contribution in [0.3, 0.4) is 0 Å². The van der Waals surface area contributed by atoms with E-state index < -0.39 is 0 Å². The molecule has 0 bridgehead atoms. The van der Waals surface area contributed by atoms with Crippen LogP contribution in [0.5, 0.6) is 0 Å². The van der Waals surface area contributed by atoms with Crippen LogP contribution in [0.25, 0.3) is 0 Å². The number of carbonyl (C=O) groups is 2. The number of anilines is 1. The normalized spacial score (nSPS) is 19.9. The van der Waals surface area contributed by atoms with Gasteiger partial charge in [-0.05, 0) is 38.0 Å². The molecule has 2 aliphatic rings. The van der Waals surface area contributed by atoms with Gasteiger partial charge >= 0.3 is 0 Å². The van der Waals surface area contributed by atoms with Crippen molar-refractivity contribution in [2.45, 2.75) is 50.0 Å². The largest absolute Gasteiger partial charge is 0.308 e. The molecule has 0 saturated heterocycles. The zero-order valence-electron chi connectivity index (χ0n) is 11.7. The SMILES string of the molecule is CC(=O)c1ccc2c(c1)SCC(=O)N2C1CCCCC1. The molecule has 0 spiro atoms. The van der Waals surface area contributed by atoms with Gasteiger partial charge in [0.2, 0.25) is 5.91 Å². The Morgan fingerprint density at radius 2 is 2.00 bits per heavy atom. The third-order valence-electron chi connectivity index (χ3n) is 4.19. The van der Waals surface area contributed by atoms with Gasteiger partial charge in [-0.2, -0.15) is 0 Å². The molecular formula is C16H19NO2S. The fourth-order valence-corrected chi connectivity index (χ4v) is 4.07. The number of amides is 1. The summed E-state index contributed by atoms with van der Waals surface area (Å²) in [5.74, 6) is 0.782. The maximum atomic E-state index is 12.3. The van der Waals surface area contributed by atoms with E-state index in [2.05, 4.69) is 0 Å². The van der Waals surface area contributed by atoms with E-state index in [1.54, 1.807) is 18.7 Å². The number of hydrogen-bond donors (Lipinski definition) is 0. The third kappa shape index (κ3) is 2.49. The topological polar surface area (TPSA) is 37.4 Å². The molecule has 1 aromatic rings. The molecule has 1 aliphatic carbocycles. The molecule has 4 heteroatoms. The van der Waals surface area contributed by atoms with Crippen LogP contribution >= 0.6 is 11.8 Å². The molecule has 3 rings (SSSR count). The average Bonchev–Trinajstić information content (AvgIpc) is 2.47. The van der Waals surface area contributed by atoms with Gasteiger partial charge in [-0.1, -0.05) is 19.3 Å². The summed E-state index contributed by atoms with van der Waals surface area (Å²) in [5, 5.41) is 0. The first-order valence-corrected chi connectivity index (χ1v) is 8.25. The molecular weight excluding hydrogens is 270 g/mol. The van der Waals surface area contributed by atoms with Crippen LogP contribution in [0, 0.1) is 0 Å². The first kappa shape index (κ1) is 13.7. The summed E-state index contributed by atoms with van der Waals surface area (Å²) in [5.41, 5.74) is 1.73. The number of carbonyl (C=O) groups excluding carboxylic acids is 2. The lowest BCUT2D eigenvalue weighted by Gasteiger charge is -2.37. The predicted molar refractivity (Wildman–Crippen MR) is 81.5 cm³/mol. The Hall–Kier alpha value is -1.29. The standard InChI is InChI=1S/C16H19NO2S/c1-11(18)12-7-8-14-15(9-12)20-10-16(19)17(14)13-5-3-2-4-6-13/h7-9,13H,2-6,10H2,1H3. The van der Waals surface area contributed by atoms with Crippen molar-refractivity contribution >= 4 is 29.1 Å². The molecule has 1 heterocycles. The molecule has 1 fully saturated rings. The molecule has 1 aromatic carbocycles. The maximum absolute atomic E-state index is 12.3. The summed E-state index contributed by atoms with van der Waals surface area (Å²) < 4.78 is 0. The first-order valence-electron chi connectivity index (χ1n) is 7.26. The fraction of sp³-hybridized carbons (Fsp3) is 0.500. The lowest BCUT2D eigenvalue weighted by atomic mass is 9.93. The average molecular weight is 289 g/mol. The number of Topliss-reactive ketones (excluding diaryl/α,β-unsaturated/α-hetero) is 1. The summed E-state index contributed by atoms with van der Waals surface area (Å²) in [6, 6.07) is 6.07. The zero-order chi connectivity index (χ0) is 14.1. The number of rotatable bonds is 2. The second-order valence-corrected chi connectivity index (χ2v) is 6.60. The fourth-order valence-electron chi connectivity index (χ4n) is 3.13. The van der Waals surface area contributed by atoms with E-state index >= 15 is 0 Å². The quantitative estimate of drug-likeness (QED) is 0.780. The number of ketones is 1. The Bertz CT molecular complexity index is 549.